The van der Waals surface area contributed by atoms with Crippen LogP contribution in [0.1, 0.15) is 38.5 Å². The summed E-state index contributed by atoms with van der Waals surface area (Å²) in [6, 6.07) is 0.314. The Labute approximate surface area is 110 Å². The smallest absolute Gasteiger partial charge is 0.237 e. The van der Waals surface area contributed by atoms with Crippen LogP contribution < -0.4 is 0 Å². The molecule has 104 valence electrons. The first kappa shape index (κ1) is 13.8. The lowest BCUT2D eigenvalue weighted by atomic mass is 10.2. The molecular formula is C14H26N2O2. The van der Waals surface area contributed by atoms with Crippen LogP contribution in [0.15, 0.2) is 0 Å². The fraction of sp³-hybridized carbons (Fsp3) is 0.929. The van der Waals surface area contributed by atoms with Gasteiger partial charge in [0.05, 0.1) is 19.2 Å². The van der Waals surface area contributed by atoms with Gasteiger partial charge in [0, 0.05) is 13.7 Å². The van der Waals surface area contributed by atoms with Gasteiger partial charge in [0.25, 0.3) is 0 Å². The van der Waals surface area contributed by atoms with Crippen LogP contribution in [0.3, 0.4) is 0 Å². The predicted octanol–water partition coefficient (Wildman–Crippen LogP) is 1.50. The maximum absolute atomic E-state index is 12.3. The van der Waals surface area contributed by atoms with Crippen LogP contribution in [0.25, 0.3) is 0 Å². The number of nitrogens with zero attached hydrogens (tertiary/aromatic N) is 2. The van der Waals surface area contributed by atoms with E-state index in [0.29, 0.717) is 25.1 Å². The van der Waals surface area contributed by atoms with Crippen LogP contribution in [-0.2, 0) is 9.53 Å². The minimum Gasteiger partial charge on any atom is -0.383 e. The van der Waals surface area contributed by atoms with Crippen molar-refractivity contribution in [3.63, 3.8) is 0 Å². The fourth-order valence-corrected chi connectivity index (χ4v) is 3.11. The van der Waals surface area contributed by atoms with Crippen molar-refractivity contribution < 1.29 is 9.53 Å². The largest absolute Gasteiger partial charge is 0.383 e. The number of carbonyl (C=O) groups excluding carboxylic acids is 1. The number of methoxy groups -OCH3 is 1. The van der Waals surface area contributed by atoms with Gasteiger partial charge in [-0.1, -0.05) is 12.8 Å². The van der Waals surface area contributed by atoms with E-state index in [4.69, 9.17) is 4.74 Å². The Bertz CT molecular complexity index is 263. The molecule has 4 nitrogen and oxygen atoms in total. The molecule has 2 aliphatic heterocycles. The van der Waals surface area contributed by atoms with Crippen molar-refractivity contribution in [3.8, 4) is 0 Å². The lowest BCUT2D eigenvalue weighted by Gasteiger charge is -2.27. The van der Waals surface area contributed by atoms with E-state index in [1.807, 2.05) is 4.90 Å². The Morgan fingerprint density at radius 1 is 1.11 bits per heavy atom. The quantitative estimate of drug-likeness (QED) is 0.762. The molecule has 0 unspecified atom stereocenters. The first-order valence-corrected chi connectivity index (χ1v) is 7.32. The van der Waals surface area contributed by atoms with Crippen molar-refractivity contribution in [1.82, 2.24) is 9.80 Å². The lowest BCUT2D eigenvalue weighted by Crippen LogP contribution is -2.44. The monoisotopic (exact) mass is 254 g/mol. The van der Waals surface area contributed by atoms with Crippen LogP contribution in [0.5, 0.6) is 0 Å². The summed E-state index contributed by atoms with van der Waals surface area (Å²) >= 11 is 0. The zero-order chi connectivity index (χ0) is 12.8. The molecule has 2 rings (SSSR count). The average Bonchev–Trinajstić information content (AvgIpc) is 2.67. The highest BCUT2D eigenvalue weighted by Crippen LogP contribution is 2.18. The van der Waals surface area contributed by atoms with Crippen molar-refractivity contribution in [2.24, 2.45) is 0 Å². The van der Waals surface area contributed by atoms with Crippen LogP contribution in [0.4, 0.5) is 0 Å². The van der Waals surface area contributed by atoms with E-state index in [-0.39, 0.29) is 0 Å². The van der Waals surface area contributed by atoms with E-state index in [1.54, 1.807) is 7.11 Å². The topological polar surface area (TPSA) is 32.8 Å². The molecule has 1 amide bonds. The fourth-order valence-electron chi connectivity index (χ4n) is 3.11. The third-order valence-corrected chi connectivity index (χ3v) is 4.11. The van der Waals surface area contributed by atoms with Gasteiger partial charge in [-0.25, -0.2) is 0 Å². The Balaban J connectivity index is 1.82. The number of likely N-dealkylation sites (tertiary alicyclic amines) is 2. The van der Waals surface area contributed by atoms with Gasteiger partial charge in [0.15, 0.2) is 0 Å². The number of amides is 1. The molecule has 2 fully saturated rings. The molecule has 0 saturated carbocycles. The second kappa shape index (κ2) is 7.10. The van der Waals surface area contributed by atoms with E-state index >= 15 is 0 Å². The molecule has 0 spiro atoms. The minimum atomic E-state index is 0.302. The molecule has 2 heterocycles. The van der Waals surface area contributed by atoms with Crippen molar-refractivity contribution in [2.75, 3.05) is 39.9 Å². The highest BCUT2D eigenvalue weighted by molar-refractivity contribution is 5.78. The highest BCUT2D eigenvalue weighted by atomic mass is 16.5. The molecule has 0 radical (unpaired) electrons. The summed E-state index contributed by atoms with van der Waals surface area (Å²) in [7, 11) is 1.72. The maximum atomic E-state index is 12.3. The molecule has 0 aromatic carbocycles. The van der Waals surface area contributed by atoms with E-state index in [0.717, 1.165) is 32.5 Å². The molecule has 4 heteroatoms. The molecule has 0 aromatic heterocycles. The summed E-state index contributed by atoms with van der Waals surface area (Å²) in [6.07, 6.45) is 7.35. The molecular weight excluding hydrogens is 228 g/mol. The number of hydrogen-bond acceptors (Lipinski definition) is 3. The third kappa shape index (κ3) is 3.69. The third-order valence-electron chi connectivity index (χ3n) is 4.11. The van der Waals surface area contributed by atoms with Gasteiger partial charge >= 0.3 is 0 Å². The Kier molecular flexibility index (Phi) is 5.45. The van der Waals surface area contributed by atoms with Gasteiger partial charge in [0.2, 0.25) is 5.91 Å². The standard InChI is InChI=1S/C14H26N2O2/c1-18-12-13-7-6-10-16(13)14(17)11-15-8-4-2-3-5-9-15/h13H,2-12H2,1H3/t13-/m0/s1. The van der Waals surface area contributed by atoms with Gasteiger partial charge in [-0.2, -0.15) is 0 Å². The number of hydrogen-bond donors (Lipinski definition) is 0. The molecule has 1 atom stereocenters. The predicted molar refractivity (Wildman–Crippen MR) is 71.5 cm³/mol. The summed E-state index contributed by atoms with van der Waals surface area (Å²) < 4.78 is 5.21. The zero-order valence-corrected chi connectivity index (χ0v) is 11.6. The molecule has 18 heavy (non-hydrogen) atoms. The summed E-state index contributed by atoms with van der Waals surface area (Å²) in [6.45, 7) is 4.40. The highest BCUT2D eigenvalue weighted by Gasteiger charge is 2.29. The van der Waals surface area contributed by atoms with Crippen molar-refractivity contribution in [1.29, 1.82) is 0 Å². The first-order chi connectivity index (χ1) is 8.81. The summed E-state index contributed by atoms with van der Waals surface area (Å²) in [5.41, 5.74) is 0. The second-order valence-corrected chi connectivity index (χ2v) is 5.53. The van der Waals surface area contributed by atoms with Crippen LogP contribution in [-0.4, -0.2) is 61.6 Å². The van der Waals surface area contributed by atoms with Gasteiger partial charge < -0.3 is 9.64 Å². The lowest BCUT2D eigenvalue weighted by molar-refractivity contribution is -0.134. The van der Waals surface area contributed by atoms with Crippen LogP contribution in [0.2, 0.25) is 0 Å². The molecule has 0 bridgehead atoms. The molecule has 0 aromatic rings. The Hall–Kier alpha value is -0.610. The van der Waals surface area contributed by atoms with Crippen LogP contribution >= 0.6 is 0 Å². The average molecular weight is 254 g/mol. The second-order valence-electron chi connectivity index (χ2n) is 5.53. The van der Waals surface area contributed by atoms with Gasteiger partial charge in [-0.15, -0.1) is 0 Å². The summed E-state index contributed by atoms with van der Waals surface area (Å²) in [5, 5.41) is 0. The Morgan fingerprint density at radius 3 is 2.50 bits per heavy atom. The number of carbonyl (C=O) groups is 1. The molecule has 0 aliphatic carbocycles. The van der Waals surface area contributed by atoms with Crippen molar-refractivity contribution in [2.45, 2.75) is 44.6 Å². The minimum absolute atomic E-state index is 0.302. The molecule has 2 aliphatic rings. The summed E-state index contributed by atoms with van der Waals surface area (Å²) in [5.74, 6) is 0.302. The Morgan fingerprint density at radius 2 is 1.83 bits per heavy atom. The first-order valence-electron chi connectivity index (χ1n) is 7.32. The van der Waals surface area contributed by atoms with Gasteiger partial charge in [-0.3, -0.25) is 9.69 Å². The zero-order valence-electron chi connectivity index (χ0n) is 11.6. The van der Waals surface area contributed by atoms with Crippen molar-refractivity contribution >= 4 is 5.91 Å². The normalized spacial score (nSPS) is 26.3. The van der Waals surface area contributed by atoms with E-state index < -0.39 is 0 Å². The SMILES string of the molecule is COC[C@@H]1CCCN1C(=O)CN1CCCCCC1. The van der Waals surface area contributed by atoms with E-state index in [1.165, 1.54) is 25.7 Å². The van der Waals surface area contributed by atoms with Gasteiger partial charge in [0.1, 0.15) is 0 Å². The maximum Gasteiger partial charge on any atom is 0.237 e. The van der Waals surface area contributed by atoms with Gasteiger partial charge in [-0.05, 0) is 38.8 Å². The molecule has 0 N–H and O–H groups in total. The van der Waals surface area contributed by atoms with Crippen LogP contribution in [0, 0.1) is 0 Å². The number of ether oxygens (including phenoxy) is 1. The summed E-state index contributed by atoms with van der Waals surface area (Å²) in [4.78, 5) is 16.7. The molecule has 2 saturated heterocycles. The number of rotatable bonds is 4. The van der Waals surface area contributed by atoms with E-state index in [2.05, 4.69) is 4.90 Å². The van der Waals surface area contributed by atoms with E-state index in [9.17, 15) is 4.79 Å². The van der Waals surface area contributed by atoms with Crippen molar-refractivity contribution in [3.05, 3.63) is 0 Å².